The maximum absolute atomic E-state index is 8.70. The van der Waals surface area contributed by atoms with Crippen molar-refractivity contribution >= 4 is 5.84 Å². The van der Waals surface area contributed by atoms with Crippen LogP contribution >= 0.6 is 0 Å². The highest BCUT2D eigenvalue weighted by molar-refractivity contribution is 5.97. The quantitative estimate of drug-likeness (QED) is 0.346. The van der Waals surface area contributed by atoms with Crippen molar-refractivity contribution in [3.8, 4) is 0 Å². The number of oxime groups is 1. The number of likely N-dealkylation sites (N-methyl/N-ethyl adjacent to an activating group) is 1. The molecule has 20 heavy (non-hydrogen) atoms. The van der Waals surface area contributed by atoms with Crippen molar-refractivity contribution in [2.45, 2.75) is 33.4 Å². The summed E-state index contributed by atoms with van der Waals surface area (Å²) in [6.07, 6.45) is 0. The van der Waals surface area contributed by atoms with E-state index in [1.54, 1.807) is 7.11 Å². The van der Waals surface area contributed by atoms with E-state index >= 15 is 0 Å². The lowest BCUT2D eigenvalue weighted by Gasteiger charge is -2.28. The lowest BCUT2D eigenvalue weighted by molar-refractivity contribution is 0.0981. The Hall–Kier alpha value is -1.59. The molecule has 0 amide bonds. The van der Waals surface area contributed by atoms with Gasteiger partial charge < -0.3 is 15.7 Å². The summed E-state index contributed by atoms with van der Waals surface area (Å²) >= 11 is 0. The molecule has 1 rings (SSSR count). The van der Waals surface area contributed by atoms with E-state index in [-0.39, 0.29) is 5.84 Å². The molecular formula is C15H25N3O2. The Labute approximate surface area is 121 Å². The van der Waals surface area contributed by atoms with Crippen LogP contribution in [0, 0.1) is 6.92 Å². The number of hydrogen-bond acceptors (Lipinski definition) is 4. The van der Waals surface area contributed by atoms with Crippen molar-refractivity contribution in [1.29, 1.82) is 0 Å². The van der Waals surface area contributed by atoms with E-state index in [1.807, 2.05) is 25.1 Å². The van der Waals surface area contributed by atoms with Gasteiger partial charge in [0.25, 0.3) is 0 Å². The molecule has 1 unspecified atom stereocenters. The molecule has 0 spiro atoms. The first kappa shape index (κ1) is 16.5. The summed E-state index contributed by atoms with van der Waals surface area (Å²) in [7, 11) is 1.72. The molecule has 0 aliphatic heterocycles. The summed E-state index contributed by atoms with van der Waals surface area (Å²) < 4.78 is 5.22. The van der Waals surface area contributed by atoms with Gasteiger partial charge in [-0.15, -0.1) is 0 Å². The lowest BCUT2D eigenvalue weighted by atomic mass is 10.0. The number of aryl methyl sites for hydroxylation is 1. The largest absolute Gasteiger partial charge is 0.409 e. The Kier molecular flexibility index (Phi) is 6.48. The minimum Gasteiger partial charge on any atom is -0.409 e. The van der Waals surface area contributed by atoms with Gasteiger partial charge >= 0.3 is 0 Å². The number of nitrogens with zero attached hydrogens (tertiary/aromatic N) is 2. The summed E-state index contributed by atoms with van der Waals surface area (Å²) in [6, 6.07) is 6.23. The number of methoxy groups -OCH3 is 1. The van der Waals surface area contributed by atoms with Crippen molar-refractivity contribution in [3.05, 3.63) is 34.9 Å². The Morgan fingerprint density at radius 3 is 2.70 bits per heavy atom. The minimum atomic E-state index is 0.139. The molecule has 0 saturated carbocycles. The second kappa shape index (κ2) is 7.87. The molecule has 112 valence electrons. The topological polar surface area (TPSA) is 71.1 Å². The molecular weight excluding hydrogens is 254 g/mol. The van der Waals surface area contributed by atoms with Gasteiger partial charge in [0.05, 0.1) is 6.61 Å². The number of amidine groups is 1. The van der Waals surface area contributed by atoms with Gasteiger partial charge in [0.15, 0.2) is 5.84 Å². The van der Waals surface area contributed by atoms with E-state index in [1.165, 1.54) is 5.56 Å². The van der Waals surface area contributed by atoms with E-state index in [4.69, 9.17) is 15.7 Å². The van der Waals surface area contributed by atoms with Crippen LogP contribution in [0.2, 0.25) is 0 Å². The highest BCUT2D eigenvalue weighted by Gasteiger charge is 2.13. The third-order valence-electron chi connectivity index (χ3n) is 3.56. The van der Waals surface area contributed by atoms with E-state index < -0.39 is 0 Å². The van der Waals surface area contributed by atoms with Gasteiger partial charge in [-0.05, 0) is 37.6 Å². The van der Waals surface area contributed by atoms with Crippen LogP contribution in [-0.4, -0.2) is 42.2 Å². The number of rotatable bonds is 7. The molecule has 0 saturated heterocycles. The summed E-state index contributed by atoms with van der Waals surface area (Å²) in [6.45, 7) is 8.89. The molecule has 0 heterocycles. The Bertz CT molecular complexity index is 460. The smallest absolute Gasteiger partial charge is 0.170 e. The van der Waals surface area contributed by atoms with Crippen molar-refractivity contribution in [3.63, 3.8) is 0 Å². The van der Waals surface area contributed by atoms with Gasteiger partial charge in [-0.1, -0.05) is 24.2 Å². The average Bonchev–Trinajstić information content (AvgIpc) is 2.45. The maximum Gasteiger partial charge on any atom is 0.170 e. The summed E-state index contributed by atoms with van der Waals surface area (Å²) in [4.78, 5) is 2.36. The number of nitrogens with two attached hydrogens (primary N) is 1. The first-order chi connectivity index (χ1) is 9.53. The summed E-state index contributed by atoms with van der Waals surface area (Å²) in [5, 5.41) is 11.7. The zero-order valence-electron chi connectivity index (χ0n) is 12.8. The molecule has 1 atom stereocenters. The molecule has 0 aliphatic carbocycles. The van der Waals surface area contributed by atoms with E-state index in [9.17, 15) is 0 Å². The van der Waals surface area contributed by atoms with Crippen LogP contribution in [0.3, 0.4) is 0 Å². The van der Waals surface area contributed by atoms with Crippen LogP contribution in [0.1, 0.15) is 30.5 Å². The van der Waals surface area contributed by atoms with Crippen LogP contribution in [0.5, 0.6) is 0 Å². The normalized spacial score (nSPS) is 13.8. The predicted octanol–water partition coefficient (Wildman–Crippen LogP) is 1.95. The Morgan fingerprint density at radius 1 is 1.50 bits per heavy atom. The summed E-state index contributed by atoms with van der Waals surface area (Å²) in [5.74, 6) is 0.139. The second-order valence-electron chi connectivity index (χ2n) is 4.99. The fraction of sp³-hybridized carbons (Fsp3) is 0.533. The van der Waals surface area contributed by atoms with E-state index in [0.29, 0.717) is 6.04 Å². The zero-order chi connectivity index (χ0) is 15.1. The fourth-order valence-corrected chi connectivity index (χ4v) is 2.24. The van der Waals surface area contributed by atoms with Crippen LogP contribution in [0.4, 0.5) is 0 Å². The fourth-order valence-electron chi connectivity index (χ4n) is 2.24. The van der Waals surface area contributed by atoms with Gasteiger partial charge in [0.1, 0.15) is 0 Å². The molecule has 5 nitrogen and oxygen atoms in total. The first-order valence-corrected chi connectivity index (χ1v) is 6.83. The third kappa shape index (κ3) is 4.21. The molecule has 0 radical (unpaired) electrons. The SMILES string of the molecule is CCN(Cc1ccc(/C(N)=N/O)cc1C)C(C)COC. The van der Waals surface area contributed by atoms with Crippen molar-refractivity contribution in [2.75, 3.05) is 20.3 Å². The van der Waals surface area contributed by atoms with Crippen LogP contribution in [-0.2, 0) is 11.3 Å². The van der Waals surface area contributed by atoms with Gasteiger partial charge in [-0.2, -0.15) is 0 Å². The van der Waals surface area contributed by atoms with Gasteiger partial charge in [0, 0.05) is 25.3 Å². The van der Waals surface area contributed by atoms with Gasteiger partial charge in [0.2, 0.25) is 0 Å². The predicted molar refractivity (Wildman–Crippen MR) is 81.1 cm³/mol. The monoisotopic (exact) mass is 279 g/mol. The van der Waals surface area contributed by atoms with Crippen LogP contribution in [0.15, 0.2) is 23.4 Å². The van der Waals surface area contributed by atoms with E-state index in [0.717, 1.165) is 30.8 Å². The average molecular weight is 279 g/mol. The van der Waals surface area contributed by atoms with Crippen LogP contribution < -0.4 is 5.73 Å². The van der Waals surface area contributed by atoms with Crippen LogP contribution in [0.25, 0.3) is 0 Å². The molecule has 0 aliphatic rings. The van der Waals surface area contributed by atoms with Crippen molar-refractivity contribution in [2.24, 2.45) is 10.9 Å². The number of hydrogen-bond donors (Lipinski definition) is 2. The molecule has 0 aromatic heterocycles. The zero-order valence-corrected chi connectivity index (χ0v) is 12.8. The third-order valence-corrected chi connectivity index (χ3v) is 3.56. The minimum absolute atomic E-state index is 0.139. The Balaban J connectivity index is 2.86. The summed E-state index contributed by atoms with van der Waals surface area (Å²) in [5.41, 5.74) is 8.72. The molecule has 3 N–H and O–H groups in total. The Morgan fingerprint density at radius 2 is 2.20 bits per heavy atom. The molecule has 0 bridgehead atoms. The standard InChI is InChI=1S/C15H25N3O2/c1-5-18(12(3)10-20-4)9-14-7-6-13(8-11(14)2)15(16)17-19/h6-8,12,19H,5,9-10H2,1-4H3,(H2,16,17). The second-order valence-corrected chi connectivity index (χ2v) is 4.99. The van der Waals surface area contributed by atoms with E-state index in [2.05, 4.69) is 23.9 Å². The molecule has 1 aromatic rings. The van der Waals surface area contributed by atoms with Crippen molar-refractivity contribution in [1.82, 2.24) is 4.90 Å². The molecule has 0 fully saturated rings. The number of benzene rings is 1. The van der Waals surface area contributed by atoms with Gasteiger partial charge in [-0.3, -0.25) is 4.90 Å². The maximum atomic E-state index is 8.70. The first-order valence-electron chi connectivity index (χ1n) is 6.83. The molecule has 5 heteroatoms. The van der Waals surface area contributed by atoms with Crippen molar-refractivity contribution < 1.29 is 9.94 Å². The highest BCUT2D eigenvalue weighted by Crippen LogP contribution is 2.15. The molecule has 1 aromatic carbocycles. The lowest BCUT2D eigenvalue weighted by Crippen LogP contribution is -2.35. The highest BCUT2D eigenvalue weighted by atomic mass is 16.5. The van der Waals surface area contributed by atoms with Gasteiger partial charge in [-0.25, -0.2) is 0 Å². The number of ether oxygens (including phenoxy) is 1.